The minimum Gasteiger partial charge on any atom is -0.481 e. The predicted molar refractivity (Wildman–Crippen MR) is 50.4 cm³/mol. The lowest BCUT2D eigenvalue weighted by molar-refractivity contribution is -0.141. The van der Waals surface area contributed by atoms with Crippen molar-refractivity contribution < 1.29 is 31.5 Å². The molecule has 0 aromatic carbocycles. The summed E-state index contributed by atoms with van der Waals surface area (Å²) in [5.74, 6) is -4.64. The smallest absolute Gasteiger partial charge is 0.481 e. The van der Waals surface area contributed by atoms with E-state index in [1.54, 1.807) is 13.8 Å². The third-order valence-corrected chi connectivity index (χ3v) is 3.42. The average molecular weight is 262 g/mol. The number of carboxylic acids is 1. The second-order valence-electron chi connectivity index (χ2n) is 3.89. The van der Waals surface area contributed by atoms with E-state index in [2.05, 4.69) is 0 Å². The molecule has 0 saturated carbocycles. The molecule has 16 heavy (non-hydrogen) atoms. The molecule has 0 aromatic rings. The van der Waals surface area contributed by atoms with Gasteiger partial charge in [-0.05, 0) is 12.3 Å². The van der Waals surface area contributed by atoms with Crippen LogP contribution in [-0.4, -0.2) is 30.8 Å². The quantitative estimate of drug-likeness (QED) is 0.818. The first-order chi connectivity index (χ1) is 6.97. The number of alkyl halides is 3. The summed E-state index contributed by atoms with van der Waals surface area (Å²) in [5.41, 5.74) is -5.39. The van der Waals surface area contributed by atoms with E-state index in [1.807, 2.05) is 0 Å². The lowest BCUT2D eigenvalue weighted by Gasteiger charge is -2.15. The van der Waals surface area contributed by atoms with Crippen LogP contribution in [0.3, 0.4) is 0 Å². The van der Waals surface area contributed by atoms with Gasteiger partial charge in [-0.15, -0.1) is 0 Å². The van der Waals surface area contributed by atoms with E-state index in [1.165, 1.54) is 0 Å². The van der Waals surface area contributed by atoms with Crippen LogP contribution in [0.1, 0.15) is 20.3 Å². The van der Waals surface area contributed by atoms with Crippen LogP contribution < -0.4 is 0 Å². The first kappa shape index (κ1) is 15.2. The Kier molecular flexibility index (Phi) is 4.78. The maximum atomic E-state index is 12.0. The Balaban J connectivity index is 4.85. The first-order valence-electron chi connectivity index (χ1n) is 4.49. The minimum absolute atomic E-state index is 0.107. The third-order valence-electron chi connectivity index (χ3n) is 1.88. The van der Waals surface area contributed by atoms with E-state index in [-0.39, 0.29) is 12.3 Å². The molecule has 0 bridgehead atoms. The summed E-state index contributed by atoms with van der Waals surface area (Å²) in [6.45, 7) is 3.21. The summed E-state index contributed by atoms with van der Waals surface area (Å²) in [5, 5.41) is 8.62. The molecule has 0 amide bonds. The van der Waals surface area contributed by atoms with Crippen LogP contribution >= 0.6 is 0 Å². The molecule has 1 unspecified atom stereocenters. The van der Waals surface area contributed by atoms with Crippen molar-refractivity contribution in [2.45, 2.75) is 25.8 Å². The fourth-order valence-corrected chi connectivity index (χ4v) is 2.17. The molecule has 0 aliphatic rings. The number of carbonyl (C=O) groups is 1. The fourth-order valence-electron chi connectivity index (χ4n) is 1.17. The SMILES string of the molecule is CC(C)CC(CS(=O)(=O)C(F)(F)F)C(=O)O. The molecule has 0 rings (SSSR count). The Bertz CT molecular complexity index is 345. The van der Waals surface area contributed by atoms with Crippen molar-refractivity contribution in [2.75, 3.05) is 5.75 Å². The molecule has 96 valence electrons. The van der Waals surface area contributed by atoms with Crippen LogP contribution in [0, 0.1) is 11.8 Å². The normalized spacial score (nSPS) is 15.1. The minimum atomic E-state index is -5.39. The van der Waals surface area contributed by atoms with Crippen LogP contribution in [0.4, 0.5) is 13.2 Å². The second kappa shape index (κ2) is 5.03. The molecule has 0 saturated heterocycles. The molecule has 0 fully saturated rings. The highest BCUT2D eigenvalue weighted by molar-refractivity contribution is 7.92. The standard InChI is InChI=1S/C8H13F3O4S/c1-5(2)3-6(7(12)13)4-16(14,15)8(9,10)11/h5-6H,3-4H2,1-2H3,(H,12,13). The van der Waals surface area contributed by atoms with Gasteiger partial charge < -0.3 is 5.11 Å². The van der Waals surface area contributed by atoms with Gasteiger partial charge in [-0.3, -0.25) is 4.79 Å². The van der Waals surface area contributed by atoms with Gasteiger partial charge in [0.1, 0.15) is 0 Å². The Morgan fingerprint density at radius 2 is 1.75 bits per heavy atom. The molecule has 4 nitrogen and oxygen atoms in total. The van der Waals surface area contributed by atoms with Crippen molar-refractivity contribution in [1.82, 2.24) is 0 Å². The number of aliphatic carboxylic acids is 1. The largest absolute Gasteiger partial charge is 0.497 e. The molecule has 0 radical (unpaired) electrons. The van der Waals surface area contributed by atoms with Gasteiger partial charge in [-0.25, -0.2) is 8.42 Å². The van der Waals surface area contributed by atoms with Gasteiger partial charge in [0.25, 0.3) is 0 Å². The fraction of sp³-hybridized carbons (Fsp3) is 0.875. The van der Waals surface area contributed by atoms with Gasteiger partial charge in [0.15, 0.2) is 0 Å². The van der Waals surface area contributed by atoms with E-state index < -0.39 is 33.0 Å². The molecule has 0 aliphatic heterocycles. The van der Waals surface area contributed by atoms with E-state index in [9.17, 15) is 26.4 Å². The van der Waals surface area contributed by atoms with Crippen molar-refractivity contribution in [3.8, 4) is 0 Å². The van der Waals surface area contributed by atoms with E-state index in [0.29, 0.717) is 0 Å². The van der Waals surface area contributed by atoms with Gasteiger partial charge in [0.2, 0.25) is 9.84 Å². The molecule has 1 N–H and O–H groups in total. The van der Waals surface area contributed by atoms with Crippen LogP contribution in [-0.2, 0) is 14.6 Å². The third kappa shape index (κ3) is 4.38. The van der Waals surface area contributed by atoms with Gasteiger partial charge >= 0.3 is 11.5 Å². The molecule has 0 heterocycles. The predicted octanol–water partition coefficient (Wildman–Crippen LogP) is 1.67. The van der Waals surface area contributed by atoms with E-state index in [4.69, 9.17) is 5.11 Å². The molecular weight excluding hydrogens is 249 g/mol. The van der Waals surface area contributed by atoms with Gasteiger partial charge in [-0.2, -0.15) is 13.2 Å². The Morgan fingerprint density at radius 1 is 1.31 bits per heavy atom. The molecule has 0 spiro atoms. The zero-order chi connectivity index (χ0) is 13.1. The lowest BCUT2D eigenvalue weighted by Crippen LogP contribution is -2.33. The number of carboxylic acid groups (broad SMARTS) is 1. The number of halogens is 3. The molecular formula is C8H13F3O4S. The highest BCUT2D eigenvalue weighted by Gasteiger charge is 2.47. The van der Waals surface area contributed by atoms with Crippen molar-refractivity contribution in [1.29, 1.82) is 0 Å². The number of sulfone groups is 1. The monoisotopic (exact) mass is 262 g/mol. The Labute approximate surface area is 91.4 Å². The van der Waals surface area contributed by atoms with E-state index >= 15 is 0 Å². The van der Waals surface area contributed by atoms with Crippen LogP contribution in [0.15, 0.2) is 0 Å². The van der Waals surface area contributed by atoms with Crippen molar-refractivity contribution in [2.24, 2.45) is 11.8 Å². The molecule has 1 atom stereocenters. The number of rotatable bonds is 5. The van der Waals surface area contributed by atoms with Crippen molar-refractivity contribution in [3.05, 3.63) is 0 Å². The average Bonchev–Trinajstić information content (AvgIpc) is 1.98. The maximum Gasteiger partial charge on any atom is 0.497 e. The van der Waals surface area contributed by atoms with Crippen LogP contribution in [0.2, 0.25) is 0 Å². The summed E-state index contributed by atoms with van der Waals surface area (Å²) in [4.78, 5) is 10.6. The summed E-state index contributed by atoms with van der Waals surface area (Å²) in [7, 11) is -5.37. The van der Waals surface area contributed by atoms with Gasteiger partial charge in [0.05, 0.1) is 11.7 Å². The van der Waals surface area contributed by atoms with E-state index in [0.717, 1.165) is 0 Å². The topological polar surface area (TPSA) is 71.4 Å². The van der Waals surface area contributed by atoms with Crippen molar-refractivity contribution in [3.63, 3.8) is 0 Å². The van der Waals surface area contributed by atoms with Crippen molar-refractivity contribution >= 4 is 15.8 Å². The zero-order valence-electron chi connectivity index (χ0n) is 8.78. The summed E-state index contributed by atoms with van der Waals surface area (Å²) in [6.07, 6.45) is -0.107. The summed E-state index contributed by atoms with van der Waals surface area (Å²) in [6, 6.07) is 0. The highest BCUT2D eigenvalue weighted by Crippen LogP contribution is 2.27. The maximum absolute atomic E-state index is 12.0. The number of hydrogen-bond donors (Lipinski definition) is 1. The number of hydrogen-bond acceptors (Lipinski definition) is 3. The second-order valence-corrected chi connectivity index (χ2v) is 5.92. The van der Waals surface area contributed by atoms with Crippen LogP contribution in [0.25, 0.3) is 0 Å². The summed E-state index contributed by atoms with van der Waals surface area (Å²) >= 11 is 0. The van der Waals surface area contributed by atoms with Gasteiger partial charge in [-0.1, -0.05) is 13.8 Å². The molecule has 0 aromatic heterocycles. The highest BCUT2D eigenvalue weighted by atomic mass is 32.2. The summed E-state index contributed by atoms with van der Waals surface area (Å²) < 4.78 is 57.6. The zero-order valence-corrected chi connectivity index (χ0v) is 9.60. The Morgan fingerprint density at radius 3 is 2.00 bits per heavy atom. The van der Waals surface area contributed by atoms with Gasteiger partial charge in [0, 0.05) is 0 Å². The Hall–Kier alpha value is -0.790. The lowest BCUT2D eigenvalue weighted by atomic mass is 9.99. The molecule has 8 heteroatoms. The van der Waals surface area contributed by atoms with Crippen LogP contribution in [0.5, 0.6) is 0 Å². The molecule has 0 aliphatic carbocycles. The first-order valence-corrected chi connectivity index (χ1v) is 6.14.